The Morgan fingerprint density at radius 2 is 2.06 bits per heavy atom. The van der Waals surface area contributed by atoms with Crippen molar-refractivity contribution in [3.05, 3.63) is 65.1 Å². The summed E-state index contributed by atoms with van der Waals surface area (Å²) in [5.41, 5.74) is 3.37. The predicted molar refractivity (Wildman–Crippen MR) is 70.0 cm³/mol. The zero-order chi connectivity index (χ0) is 13.4. The number of halogens is 2. The number of aromatic amines is 1. The fourth-order valence-electron chi connectivity index (χ4n) is 1.38. The third-order valence-corrected chi connectivity index (χ3v) is 2.37. The molecule has 0 aliphatic carbocycles. The number of nitrogens with zero attached hydrogens (tertiary/aromatic N) is 1. The number of rotatable bonds is 3. The van der Waals surface area contributed by atoms with Crippen LogP contribution in [0.15, 0.2) is 43.2 Å². The van der Waals surface area contributed by atoms with Crippen molar-refractivity contribution < 1.29 is 9.47 Å². The van der Waals surface area contributed by atoms with Crippen LogP contribution in [0.25, 0.3) is 0 Å². The van der Waals surface area contributed by atoms with Crippen LogP contribution in [0.1, 0.15) is 17.0 Å². The van der Waals surface area contributed by atoms with Gasteiger partial charge in [-0.3, -0.25) is 5.10 Å². The number of hydrogen-bond acceptors (Lipinski definition) is 2. The standard InChI is InChI=1S/C11H11ClN2.C2H3FO/c1-8-6-11(14-13-8)7-9-2-4-10(12)5-3-9;1-2-4-3/h2-6H,7H2,1H3,(H,13,14);2H,1H2. The summed E-state index contributed by atoms with van der Waals surface area (Å²) in [6.07, 6.45) is 1.56. The van der Waals surface area contributed by atoms with Crippen molar-refractivity contribution >= 4 is 11.6 Å². The van der Waals surface area contributed by atoms with Crippen molar-refractivity contribution in [3.8, 4) is 0 Å². The largest absolute Gasteiger partial charge is 0.303 e. The molecule has 1 heterocycles. The van der Waals surface area contributed by atoms with Crippen LogP contribution in [-0.2, 0) is 11.4 Å². The van der Waals surface area contributed by atoms with Gasteiger partial charge in [-0.2, -0.15) is 5.10 Å². The summed E-state index contributed by atoms with van der Waals surface area (Å²) in [7, 11) is 0. The van der Waals surface area contributed by atoms with E-state index in [0.717, 1.165) is 22.8 Å². The molecule has 96 valence electrons. The first-order valence-electron chi connectivity index (χ1n) is 5.29. The van der Waals surface area contributed by atoms with Gasteiger partial charge in [-0.15, -0.1) is 0 Å². The molecule has 0 saturated carbocycles. The molecule has 0 radical (unpaired) electrons. The average Bonchev–Trinajstić information content (AvgIpc) is 2.78. The maximum Gasteiger partial charge on any atom is 0.128 e. The number of benzene rings is 1. The first-order chi connectivity index (χ1) is 8.65. The molecule has 0 unspecified atom stereocenters. The van der Waals surface area contributed by atoms with Crippen molar-refractivity contribution in [3.63, 3.8) is 0 Å². The summed E-state index contributed by atoms with van der Waals surface area (Å²) in [5.74, 6) is 0. The number of aromatic nitrogens is 2. The van der Waals surface area contributed by atoms with Crippen molar-refractivity contribution in [2.45, 2.75) is 13.3 Å². The van der Waals surface area contributed by atoms with E-state index < -0.39 is 0 Å². The molecule has 3 nitrogen and oxygen atoms in total. The minimum atomic E-state index is 0.708. The first-order valence-corrected chi connectivity index (χ1v) is 5.67. The van der Waals surface area contributed by atoms with Gasteiger partial charge in [0.15, 0.2) is 0 Å². The molecule has 2 aromatic rings. The Bertz CT molecular complexity index is 482. The second-order valence-corrected chi connectivity index (χ2v) is 4.04. The molecule has 0 fully saturated rings. The Balaban J connectivity index is 0.000000357. The zero-order valence-electron chi connectivity index (χ0n) is 9.99. The van der Waals surface area contributed by atoms with Gasteiger partial charge in [0.25, 0.3) is 0 Å². The third-order valence-electron chi connectivity index (χ3n) is 2.12. The highest BCUT2D eigenvalue weighted by Crippen LogP contribution is 2.12. The molecule has 1 N–H and O–H groups in total. The molecule has 1 aromatic carbocycles. The highest BCUT2D eigenvalue weighted by Gasteiger charge is 1.99. The molecule has 0 bridgehead atoms. The van der Waals surface area contributed by atoms with E-state index in [-0.39, 0.29) is 0 Å². The van der Waals surface area contributed by atoms with Crippen LogP contribution in [0.4, 0.5) is 4.53 Å². The van der Waals surface area contributed by atoms with Crippen LogP contribution < -0.4 is 0 Å². The van der Waals surface area contributed by atoms with E-state index >= 15 is 0 Å². The third kappa shape index (κ3) is 5.01. The van der Waals surface area contributed by atoms with Gasteiger partial charge in [0.1, 0.15) is 6.26 Å². The van der Waals surface area contributed by atoms with Crippen LogP contribution in [0.3, 0.4) is 0 Å². The van der Waals surface area contributed by atoms with Crippen LogP contribution in [0, 0.1) is 6.92 Å². The second kappa shape index (κ2) is 7.50. The quantitative estimate of drug-likeness (QED) is 0.855. The fourth-order valence-corrected chi connectivity index (χ4v) is 1.50. The van der Waals surface area contributed by atoms with Crippen molar-refractivity contribution in [2.75, 3.05) is 0 Å². The Morgan fingerprint density at radius 1 is 1.44 bits per heavy atom. The molecule has 0 saturated heterocycles. The highest BCUT2D eigenvalue weighted by atomic mass is 35.5. The molecule has 0 aliphatic heterocycles. The maximum atomic E-state index is 10.1. The average molecular weight is 269 g/mol. The van der Waals surface area contributed by atoms with Gasteiger partial charge in [-0.25, -0.2) is 0 Å². The lowest BCUT2D eigenvalue weighted by atomic mass is 10.1. The van der Waals surface area contributed by atoms with E-state index in [1.807, 2.05) is 31.2 Å². The first kappa shape index (κ1) is 14.3. The zero-order valence-corrected chi connectivity index (χ0v) is 10.7. The van der Waals surface area contributed by atoms with Crippen LogP contribution >= 0.6 is 11.6 Å². The smallest absolute Gasteiger partial charge is 0.128 e. The molecular formula is C13H14ClFN2O. The van der Waals surface area contributed by atoms with Crippen molar-refractivity contribution in [1.29, 1.82) is 0 Å². The number of nitrogens with one attached hydrogen (secondary N) is 1. The molecule has 0 aliphatic rings. The summed E-state index contributed by atoms with van der Waals surface area (Å²) >= 11 is 5.80. The van der Waals surface area contributed by atoms with Gasteiger partial charge in [-0.1, -0.05) is 30.3 Å². The van der Waals surface area contributed by atoms with Gasteiger partial charge >= 0.3 is 0 Å². The molecule has 2 rings (SSSR count). The Kier molecular flexibility index (Phi) is 5.94. The number of hydrogen-bond donors (Lipinski definition) is 1. The highest BCUT2D eigenvalue weighted by molar-refractivity contribution is 6.30. The summed E-state index contributed by atoms with van der Waals surface area (Å²) in [5, 5.41) is 7.87. The minimum Gasteiger partial charge on any atom is -0.303 e. The molecule has 0 amide bonds. The van der Waals surface area contributed by atoms with Crippen LogP contribution in [-0.4, -0.2) is 10.2 Å². The van der Waals surface area contributed by atoms with Crippen LogP contribution in [0.5, 0.6) is 0 Å². The van der Waals surface area contributed by atoms with Gasteiger partial charge in [0.2, 0.25) is 0 Å². The summed E-state index contributed by atoms with van der Waals surface area (Å²) in [6.45, 7) is 4.88. The maximum absolute atomic E-state index is 10.1. The Morgan fingerprint density at radius 3 is 2.50 bits per heavy atom. The lowest BCUT2D eigenvalue weighted by molar-refractivity contribution is -0.0611. The second-order valence-electron chi connectivity index (χ2n) is 3.60. The molecule has 0 spiro atoms. The fraction of sp³-hybridized carbons (Fsp3) is 0.154. The Labute approximate surface area is 110 Å². The van der Waals surface area contributed by atoms with Crippen LogP contribution in [0.2, 0.25) is 5.02 Å². The van der Waals surface area contributed by atoms with E-state index in [0.29, 0.717) is 6.26 Å². The van der Waals surface area contributed by atoms with Crippen molar-refractivity contribution in [2.24, 2.45) is 0 Å². The van der Waals surface area contributed by atoms with E-state index in [2.05, 4.69) is 27.8 Å². The predicted octanol–water partition coefficient (Wildman–Crippen LogP) is 3.99. The van der Waals surface area contributed by atoms with Gasteiger partial charge < -0.3 is 4.94 Å². The minimum absolute atomic E-state index is 0.708. The van der Waals surface area contributed by atoms with E-state index in [1.54, 1.807) is 0 Å². The summed E-state index contributed by atoms with van der Waals surface area (Å²) in [4.78, 5) is 2.81. The van der Waals surface area contributed by atoms with Gasteiger partial charge in [0.05, 0.1) is 5.69 Å². The SMILES string of the molecule is C=COF.Cc1cc(Cc2ccc(Cl)cc2)n[nH]1. The normalized spacial score (nSPS) is 9.28. The lowest BCUT2D eigenvalue weighted by Gasteiger charge is -1.97. The van der Waals surface area contributed by atoms with E-state index in [9.17, 15) is 4.53 Å². The number of H-pyrrole nitrogens is 1. The summed E-state index contributed by atoms with van der Waals surface area (Å²) in [6, 6.07) is 9.89. The monoisotopic (exact) mass is 268 g/mol. The summed E-state index contributed by atoms with van der Waals surface area (Å²) < 4.78 is 10.1. The van der Waals surface area contributed by atoms with Crippen molar-refractivity contribution in [1.82, 2.24) is 10.2 Å². The molecule has 5 heteroatoms. The topological polar surface area (TPSA) is 37.9 Å². The van der Waals surface area contributed by atoms with E-state index in [1.165, 1.54) is 5.56 Å². The Hall–Kier alpha value is -1.81. The number of aryl methyl sites for hydroxylation is 1. The molecule has 0 atom stereocenters. The van der Waals surface area contributed by atoms with Gasteiger partial charge in [-0.05, 0) is 30.7 Å². The molecule has 18 heavy (non-hydrogen) atoms. The van der Waals surface area contributed by atoms with Gasteiger partial charge in [0, 0.05) is 21.7 Å². The molecular weight excluding hydrogens is 255 g/mol. The lowest BCUT2D eigenvalue weighted by Crippen LogP contribution is -1.87. The van der Waals surface area contributed by atoms with E-state index in [4.69, 9.17) is 11.6 Å². The molecule has 1 aromatic heterocycles.